The van der Waals surface area contributed by atoms with Crippen molar-refractivity contribution in [3.63, 3.8) is 0 Å². The first kappa shape index (κ1) is 23.5. The van der Waals surface area contributed by atoms with Crippen LogP contribution >= 0.6 is 0 Å². The molecule has 0 bridgehead atoms. The van der Waals surface area contributed by atoms with Gasteiger partial charge in [0, 0.05) is 0 Å². The van der Waals surface area contributed by atoms with Gasteiger partial charge in [0.15, 0.2) is 0 Å². The third-order valence-corrected chi connectivity index (χ3v) is 0. The fraction of sp³-hybridized carbons (Fsp3) is 0. The molecule has 6 heteroatoms. The van der Waals surface area contributed by atoms with Crippen LogP contribution in [0.15, 0.2) is 0 Å². The van der Waals surface area contributed by atoms with Crippen molar-refractivity contribution in [3.05, 3.63) is 0 Å². The topological polar surface area (TPSA) is 34.1 Å². The van der Waals surface area contributed by atoms with E-state index in [0.29, 0.717) is 0 Å². The molecule has 0 N–H and O–H groups in total. The van der Waals surface area contributed by atoms with E-state index in [9.17, 15) is 0 Å². The van der Waals surface area contributed by atoms with Gasteiger partial charge in [0.25, 0.3) is 0 Å². The van der Waals surface area contributed by atoms with E-state index in [0.717, 1.165) is 0 Å². The van der Waals surface area contributed by atoms with Crippen LogP contribution < -0.4 is 59.1 Å². The summed E-state index contributed by atoms with van der Waals surface area (Å²) >= 11 is 4.94. The zero-order chi connectivity index (χ0) is 4.00. The van der Waals surface area contributed by atoms with Crippen molar-refractivity contribution < 1.29 is 101 Å². The Morgan fingerprint density at radius 3 is 1.17 bits per heavy atom. The van der Waals surface area contributed by atoms with Crippen LogP contribution in [0.3, 0.4) is 0 Å². The Bertz CT molecular complexity index is 20.0. The number of rotatable bonds is 0. The molecule has 0 unspecified atom stereocenters. The van der Waals surface area contributed by atoms with Crippen LogP contribution in [0.25, 0.3) is 0 Å². The summed E-state index contributed by atoms with van der Waals surface area (Å²) in [6.07, 6.45) is 0. The van der Waals surface area contributed by atoms with Gasteiger partial charge in [-0.2, -0.15) is 0 Å². The first-order valence-corrected chi connectivity index (χ1v) is 1.09. The Labute approximate surface area is 99.1 Å². The van der Waals surface area contributed by atoms with E-state index in [2.05, 4.69) is 31.1 Å². The van der Waals surface area contributed by atoms with Gasteiger partial charge in [-0.25, -0.2) is 0 Å². The van der Waals surface area contributed by atoms with Gasteiger partial charge in [-0.15, -0.1) is 0 Å². The molecule has 2 nitrogen and oxygen atoms in total. The zero-order valence-corrected chi connectivity index (χ0v) is 9.49. The summed E-state index contributed by atoms with van der Waals surface area (Å²) in [7, 11) is 0. The van der Waals surface area contributed by atoms with Gasteiger partial charge in [0.1, 0.15) is 0 Å². The molecule has 0 aromatic heterocycles. The van der Waals surface area contributed by atoms with Gasteiger partial charge >= 0.3 is 97.9 Å². The molecule has 0 amide bonds. The predicted molar refractivity (Wildman–Crippen MR) is 3.60 cm³/mol. The molecule has 0 aliphatic heterocycles. The van der Waals surface area contributed by atoms with Crippen LogP contribution in [0.4, 0.5) is 0 Å². The van der Waals surface area contributed by atoms with Crippen molar-refractivity contribution in [2.24, 2.45) is 0 Å². The third-order valence-electron chi connectivity index (χ3n) is 0. The first-order valence-electron chi connectivity index (χ1n) is 0.265. The van der Waals surface area contributed by atoms with Crippen LogP contribution in [0.1, 0.15) is 2.85 Å². The summed E-state index contributed by atoms with van der Waals surface area (Å²) in [4.78, 5) is 0. The molecule has 0 atom stereocenters. The van der Waals surface area contributed by atoms with E-state index < -0.39 is 0 Å². The SMILES string of the molecule is [H-].[H-].[Na+].[Na+].[O]=[Co].[O]=[Ni]. The summed E-state index contributed by atoms with van der Waals surface area (Å²) in [6.45, 7) is 0. The number of hydrogen-bond donors (Lipinski definition) is 0. The standard InChI is InChI=1S/Co.2Na.Ni.2O.2H/q;2*+1;;;;2*-1. The molecular formula is H2CoNa2NiO2. The maximum atomic E-state index is 7.94. The van der Waals surface area contributed by atoms with Crippen molar-refractivity contribution in [1.82, 2.24) is 0 Å². The fourth-order valence-corrected chi connectivity index (χ4v) is 0. The summed E-state index contributed by atoms with van der Waals surface area (Å²) in [5.74, 6) is 0. The average Bonchev–Trinajstić information content (AvgIpc) is 1.50. The molecule has 0 saturated carbocycles. The van der Waals surface area contributed by atoms with E-state index in [4.69, 9.17) is 7.76 Å². The van der Waals surface area contributed by atoms with Gasteiger partial charge in [-0.05, 0) is 0 Å². The van der Waals surface area contributed by atoms with Gasteiger partial charge in [0.05, 0.1) is 0 Å². The van der Waals surface area contributed by atoms with Gasteiger partial charge < -0.3 is 2.85 Å². The summed E-state index contributed by atoms with van der Waals surface area (Å²) < 4.78 is 15.8. The molecule has 0 fully saturated rings. The van der Waals surface area contributed by atoms with Crippen LogP contribution in [0, 0.1) is 0 Å². The summed E-state index contributed by atoms with van der Waals surface area (Å²) in [5, 5.41) is 0. The van der Waals surface area contributed by atoms with E-state index in [1.807, 2.05) is 0 Å². The monoisotopic (exact) mass is 197 g/mol. The Kier molecular flexibility index (Phi) is 192. The van der Waals surface area contributed by atoms with Crippen LogP contribution in [-0.4, -0.2) is 0 Å². The average molecular weight is 198 g/mol. The second-order valence-electron chi connectivity index (χ2n) is 0. The van der Waals surface area contributed by atoms with Crippen molar-refractivity contribution >= 4 is 0 Å². The minimum absolute atomic E-state index is 0. The maximum absolute atomic E-state index is 7.94. The first-order chi connectivity index (χ1) is 2.00. The van der Waals surface area contributed by atoms with Crippen LogP contribution in [-0.2, 0) is 38.8 Å². The second-order valence-corrected chi connectivity index (χ2v) is 0. The van der Waals surface area contributed by atoms with E-state index in [1.54, 1.807) is 0 Å². The molecule has 0 rings (SSSR count). The predicted octanol–water partition coefficient (Wildman–Crippen LogP) is -6.01. The van der Waals surface area contributed by atoms with Crippen molar-refractivity contribution in [2.75, 3.05) is 0 Å². The normalized spacial score (nSPS) is 1.83. The molecule has 35 valence electrons. The van der Waals surface area contributed by atoms with Gasteiger partial charge in [-0.3, -0.25) is 0 Å². The molecule has 6 heavy (non-hydrogen) atoms. The summed E-state index contributed by atoms with van der Waals surface area (Å²) in [5.41, 5.74) is 0. The second kappa shape index (κ2) is 49.0. The molecule has 0 radical (unpaired) electrons. The molecule has 0 aliphatic rings. The molecule has 0 aliphatic carbocycles. The molecule has 0 saturated heterocycles. The molecule has 0 heterocycles. The minimum atomic E-state index is 0. The number of hydrogen-bond acceptors (Lipinski definition) is 2. The van der Waals surface area contributed by atoms with Crippen molar-refractivity contribution in [2.45, 2.75) is 0 Å². The van der Waals surface area contributed by atoms with E-state index in [-0.39, 0.29) is 62.0 Å². The molecule has 0 aromatic rings. The Morgan fingerprint density at radius 1 is 1.17 bits per heavy atom. The summed E-state index contributed by atoms with van der Waals surface area (Å²) in [6, 6.07) is 0. The Morgan fingerprint density at radius 2 is 1.17 bits per heavy atom. The van der Waals surface area contributed by atoms with Gasteiger partial charge in [-0.1, -0.05) is 0 Å². The van der Waals surface area contributed by atoms with Gasteiger partial charge in [0.2, 0.25) is 0 Å². The van der Waals surface area contributed by atoms with Crippen LogP contribution in [0.2, 0.25) is 0 Å². The van der Waals surface area contributed by atoms with E-state index in [1.165, 1.54) is 0 Å². The fourth-order valence-electron chi connectivity index (χ4n) is 0. The Balaban J connectivity index is -0.00000000167. The quantitative estimate of drug-likeness (QED) is 0.363. The molecule has 0 spiro atoms. The third kappa shape index (κ3) is 30.6. The van der Waals surface area contributed by atoms with Crippen LogP contribution in [0.5, 0.6) is 0 Å². The molecule has 0 aromatic carbocycles. The van der Waals surface area contributed by atoms with Crippen molar-refractivity contribution in [3.8, 4) is 0 Å². The van der Waals surface area contributed by atoms with E-state index >= 15 is 0 Å². The van der Waals surface area contributed by atoms with Crippen molar-refractivity contribution in [1.29, 1.82) is 0 Å². The molecular weight excluding hydrogens is 196 g/mol. The Hall–Kier alpha value is 2.60. The zero-order valence-electron chi connectivity index (χ0n) is 5.47.